The fourth-order valence-corrected chi connectivity index (χ4v) is 2.46. The Labute approximate surface area is 209 Å². The Morgan fingerprint density at radius 3 is 2.16 bits per heavy atom. The summed E-state index contributed by atoms with van der Waals surface area (Å²) in [5, 5.41) is 9.07. The first kappa shape index (κ1) is 29.8. The first-order chi connectivity index (χ1) is 14.6. The molecule has 0 bridgehead atoms. The molecule has 0 heterocycles. The van der Waals surface area contributed by atoms with Crippen molar-refractivity contribution in [2.45, 2.75) is 32.8 Å². The summed E-state index contributed by atoms with van der Waals surface area (Å²) in [6, 6.07) is 10.2. The highest BCUT2D eigenvalue weighted by Gasteiger charge is 2.15. The van der Waals surface area contributed by atoms with Gasteiger partial charge in [-0.25, -0.2) is 9.79 Å². The molecular formula is C22H39IN6O3. The van der Waals surface area contributed by atoms with Crippen LogP contribution in [0.3, 0.4) is 0 Å². The van der Waals surface area contributed by atoms with E-state index in [1.807, 2.05) is 39.0 Å². The van der Waals surface area contributed by atoms with Crippen LogP contribution in [0.5, 0.6) is 0 Å². The van der Waals surface area contributed by atoms with Gasteiger partial charge in [0.1, 0.15) is 12.1 Å². The average Bonchev–Trinajstić information content (AvgIpc) is 2.70. The third-order valence-corrected chi connectivity index (χ3v) is 4.12. The van der Waals surface area contributed by atoms with E-state index in [0.717, 1.165) is 13.0 Å². The number of nitrogens with zero attached hydrogens (tertiary/aromatic N) is 3. The summed E-state index contributed by atoms with van der Waals surface area (Å²) in [6.45, 7) is 7.88. The van der Waals surface area contributed by atoms with Crippen LogP contribution in [0.25, 0.3) is 0 Å². The lowest BCUT2D eigenvalue weighted by molar-refractivity contribution is -0.127. The maximum absolute atomic E-state index is 11.9. The highest BCUT2D eigenvalue weighted by Crippen LogP contribution is 2.10. The van der Waals surface area contributed by atoms with Crippen molar-refractivity contribution in [1.29, 1.82) is 0 Å². The minimum absolute atomic E-state index is 0. The molecule has 2 amide bonds. The lowest BCUT2D eigenvalue weighted by Gasteiger charge is -2.20. The second-order valence-electron chi connectivity index (χ2n) is 8.35. The average molecular weight is 562 g/mol. The third-order valence-electron chi connectivity index (χ3n) is 4.12. The number of nitrogens with one attached hydrogen (secondary N) is 3. The molecule has 3 N–H and O–H groups in total. The number of halogens is 1. The Hall–Kier alpha value is -2.24. The summed E-state index contributed by atoms with van der Waals surface area (Å²) in [4.78, 5) is 31.6. The molecule has 0 saturated carbocycles. The molecule has 0 aliphatic carbocycles. The minimum atomic E-state index is -0.537. The number of aliphatic imine (C=N–C) groups is 1. The number of hydrogen-bond donors (Lipinski definition) is 3. The van der Waals surface area contributed by atoms with Gasteiger partial charge in [-0.05, 0) is 39.3 Å². The van der Waals surface area contributed by atoms with E-state index in [2.05, 4.69) is 45.0 Å². The summed E-state index contributed by atoms with van der Waals surface area (Å²) >= 11 is 0. The standard InChI is InChI=1S/C22H38N6O3.HI/c1-22(2,3)31-21(30)25-15-14-24-20(26-17-19(29)27(4)5)23-13-10-16-28(6)18-11-8-7-9-12-18;/h7-9,11-12H,10,13-17H2,1-6H3,(H,25,30)(H2,23,24,26);1H. The van der Waals surface area contributed by atoms with Gasteiger partial charge in [0.25, 0.3) is 0 Å². The number of alkyl carbamates (subject to hydrolysis) is 1. The summed E-state index contributed by atoms with van der Waals surface area (Å²) < 4.78 is 5.21. The van der Waals surface area contributed by atoms with E-state index in [0.29, 0.717) is 25.6 Å². The second-order valence-corrected chi connectivity index (χ2v) is 8.35. The van der Waals surface area contributed by atoms with E-state index in [1.165, 1.54) is 10.6 Å². The number of guanidine groups is 1. The van der Waals surface area contributed by atoms with Crippen molar-refractivity contribution in [3.8, 4) is 0 Å². The zero-order valence-corrected chi connectivity index (χ0v) is 22.4. The first-order valence-electron chi connectivity index (χ1n) is 10.5. The molecule has 1 aromatic carbocycles. The highest BCUT2D eigenvalue weighted by molar-refractivity contribution is 14.0. The Balaban J connectivity index is 0.00000961. The van der Waals surface area contributed by atoms with Crippen LogP contribution in [0.15, 0.2) is 35.3 Å². The van der Waals surface area contributed by atoms with Gasteiger partial charge in [-0.15, -0.1) is 24.0 Å². The molecular weight excluding hydrogens is 523 g/mol. The topological polar surface area (TPSA) is 98.3 Å². The maximum Gasteiger partial charge on any atom is 0.407 e. The van der Waals surface area contributed by atoms with Crippen molar-refractivity contribution >= 4 is 47.6 Å². The van der Waals surface area contributed by atoms with Crippen LogP contribution in [0.2, 0.25) is 0 Å². The van der Waals surface area contributed by atoms with E-state index in [4.69, 9.17) is 4.74 Å². The molecule has 9 nitrogen and oxygen atoms in total. The van der Waals surface area contributed by atoms with E-state index >= 15 is 0 Å². The van der Waals surface area contributed by atoms with Crippen molar-refractivity contribution in [2.24, 2.45) is 4.99 Å². The Kier molecular flexibility index (Phi) is 14.5. The Morgan fingerprint density at radius 1 is 0.969 bits per heavy atom. The molecule has 1 rings (SSSR count). The number of likely N-dealkylation sites (N-methyl/N-ethyl adjacent to an activating group) is 1. The van der Waals surface area contributed by atoms with Crippen molar-refractivity contribution in [3.05, 3.63) is 30.3 Å². The number of benzene rings is 1. The highest BCUT2D eigenvalue weighted by atomic mass is 127. The van der Waals surface area contributed by atoms with Gasteiger partial charge >= 0.3 is 6.09 Å². The van der Waals surface area contributed by atoms with Crippen molar-refractivity contribution in [2.75, 3.05) is 58.8 Å². The molecule has 1 aromatic rings. The molecule has 0 fully saturated rings. The Morgan fingerprint density at radius 2 is 1.56 bits per heavy atom. The number of para-hydroxylation sites is 1. The van der Waals surface area contributed by atoms with Crippen LogP contribution < -0.4 is 20.9 Å². The second kappa shape index (κ2) is 15.5. The summed E-state index contributed by atoms with van der Waals surface area (Å²) in [5.74, 6) is 0.445. The Bertz CT molecular complexity index is 707. The van der Waals surface area contributed by atoms with E-state index in [9.17, 15) is 9.59 Å². The van der Waals surface area contributed by atoms with Gasteiger partial charge in [-0.3, -0.25) is 4.79 Å². The summed E-state index contributed by atoms with van der Waals surface area (Å²) in [7, 11) is 5.45. The number of amides is 2. The number of ether oxygens (including phenoxy) is 1. The maximum atomic E-state index is 11.9. The number of rotatable bonds is 10. The van der Waals surface area contributed by atoms with Crippen LogP contribution in [0.4, 0.5) is 10.5 Å². The number of hydrogen-bond acceptors (Lipinski definition) is 5. The van der Waals surface area contributed by atoms with Crippen molar-refractivity contribution in [1.82, 2.24) is 20.9 Å². The molecule has 0 unspecified atom stereocenters. The number of carbonyl (C=O) groups is 2. The zero-order chi connectivity index (χ0) is 23.3. The summed E-state index contributed by atoms with van der Waals surface area (Å²) in [5.41, 5.74) is 0.629. The lowest BCUT2D eigenvalue weighted by atomic mass is 10.2. The van der Waals surface area contributed by atoms with Gasteiger partial charge in [0.05, 0.1) is 0 Å². The first-order valence-corrected chi connectivity index (χ1v) is 10.5. The fraction of sp³-hybridized carbons (Fsp3) is 0.591. The lowest BCUT2D eigenvalue weighted by Crippen LogP contribution is -2.43. The number of carbonyl (C=O) groups excluding carboxylic acids is 2. The van der Waals surface area contributed by atoms with Gasteiger partial charge in [-0.2, -0.15) is 0 Å². The van der Waals surface area contributed by atoms with Crippen molar-refractivity contribution in [3.63, 3.8) is 0 Å². The van der Waals surface area contributed by atoms with E-state index in [-0.39, 0.29) is 36.4 Å². The van der Waals surface area contributed by atoms with Crippen LogP contribution in [-0.2, 0) is 9.53 Å². The van der Waals surface area contributed by atoms with Crippen molar-refractivity contribution < 1.29 is 14.3 Å². The van der Waals surface area contributed by atoms with Gasteiger partial charge in [0.15, 0.2) is 5.96 Å². The smallest absolute Gasteiger partial charge is 0.407 e. The largest absolute Gasteiger partial charge is 0.444 e. The van der Waals surface area contributed by atoms with Gasteiger partial charge in [-0.1, -0.05) is 18.2 Å². The molecule has 0 spiro atoms. The molecule has 10 heteroatoms. The van der Waals surface area contributed by atoms with Crippen LogP contribution >= 0.6 is 24.0 Å². The monoisotopic (exact) mass is 562 g/mol. The molecule has 182 valence electrons. The SMILES string of the molecule is CN(C)C(=O)CN=C(NCCCN(C)c1ccccc1)NCCNC(=O)OC(C)(C)C.I. The quantitative estimate of drug-likeness (QED) is 0.175. The van der Waals surface area contributed by atoms with Crippen LogP contribution in [-0.4, -0.2) is 82.3 Å². The molecule has 0 atom stereocenters. The van der Waals surface area contributed by atoms with Gasteiger partial charge < -0.3 is 30.5 Å². The number of anilines is 1. The predicted octanol–water partition coefficient (Wildman–Crippen LogP) is 2.28. The van der Waals surface area contributed by atoms with Gasteiger partial charge in [0.2, 0.25) is 5.91 Å². The zero-order valence-electron chi connectivity index (χ0n) is 20.1. The third kappa shape index (κ3) is 13.9. The summed E-state index contributed by atoms with van der Waals surface area (Å²) in [6.07, 6.45) is 0.427. The molecule has 0 aliphatic heterocycles. The normalized spacial score (nSPS) is 11.1. The van der Waals surface area contributed by atoms with Gasteiger partial charge in [0, 0.05) is 53.0 Å². The fourth-order valence-electron chi connectivity index (χ4n) is 2.46. The van der Waals surface area contributed by atoms with E-state index < -0.39 is 11.7 Å². The molecule has 0 aromatic heterocycles. The molecule has 0 radical (unpaired) electrons. The molecule has 0 aliphatic rings. The minimum Gasteiger partial charge on any atom is -0.444 e. The predicted molar refractivity (Wildman–Crippen MR) is 141 cm³/mol. The van der Waals surface area contributed by atoms with Crippen LogP contribution in [0.1, 0.15) is 27.2 Å². The molecule has 0 saturated heterocycles. The van der Waals surface area contributed by atoms with Crippen LogP contribution in [0, 0.1) is 0 Å². The molecule has 32 heavy (non-hydrogen) atoms. The van der Waals surface area contributed by atoms with E-state index in [1.54, 1.807) is 14.1 Å².